The number of nitrogens with zero attached hydrogens (tertiary/aromatic N) is 4. The van der Waals surface area contributed by atoms with Gasteiger partial charge in [0.15, 0.2) is 5.82 Å². The van der Waals surface area contributed by atoms with Crippen LogP contribution in [-0.4, -0.2) is 16.6 Å². The Hall–Kier alpha value is -3.21. The van der Waals surface area contributed by atoms with Gasteiger partial charge in [-0.2, -0.15) is 15.2 Å². The van der Waals surface area contributed by atoms with Gasteiger partial charge in [0.05, 0.1) is 19.1 Å². The first-order chi connectivity index (χ1) is 13.2. The molecule has 3 N–H and O–H groups in total. The second-order valence-electron chi connectivity index (χ2n) is 6.65. The van der Waals surface area contributed by atoms with Gasteiger partial charge in [0.2, 0.25) is 11.6 Å². The molecule has 1 aromatic carbocycles. The zero-order valence-corrected chi connectivity index (χ0v) is 15.0. The Morgan fingerprint density at radius 3 is 2.85 bits per heavy atom. The van der Waals surface area contributed by atoms with Gasteiger partial charge in [0.25, 0.3) is 5.88 Å². The molecule has 3 rings (SSSR count). The van der Waals surface area contributed by atoms with Crippen molar-refractivity contribution < 1.29 is 4.74 Å². The lowest BCUT2D eigenvalue weighted by Crippen LogP contribution is -2.16. The summed E-state index contributed by atoms with van der Waals surface area (Å²) in [5, 5.41) is 14.8. The number of aromatic nitrogens is 2. The van der Waals surface area contributed by atoms with Crippen LogP contribution in [0.25, 0.3) is 0 Å². The summed E-state index contributed by atoms with van der Waals surface area (Å²) < 4.78 is 5.78. The van der Waals surface area contributed by atoms with Gasteiger partial charge in [0.1, 0.15) is 0 Å². The highest BCUT2D eigenvalue weighted by Crippen LogP contribution is 2.33. The topological polar surface area (TPSA) is 126 Å². The predicted molar refractivity (Wildman–Crippen MR) is 103 cm³/mol. The van der Waals surface area contributed by atoms with Crippen LogP contribution in [0.5, 0.6) is 5.88 Å². The Bertz CT molecular complexity index is 843. The maximum atomic E-state index is 11.1. The van der Waals surface area contributed by atoms with Crippen LogP contribution in [0.1, 0.15) is 37.7 Å². The van der Waals surface area contributed by atoms with E-state index in [1.807, 2.05) is 24.3 Å². The number of benzene rings is 1. The molecule has 0 aliphatic heterocycles. The number of nitrogens with two attached hydrogens (primary N) is 1. The van der Waals surface area contributed by atoms with E-state index in [9.17, 15) is 4.91 Å². The summed E-state index contributed by atoms with van der Waals surface area (Å²) in [6.07, 6.45) is 6.19. The number of hydrogen-bond acceptors (Lipinski definition) is 8. The number of ether oxygens (including phenoxy) is 1. The van der Waals surface area contributed by atoms with E-state index in [1.165, 1.54) is 19.3 Å². The van der Waals surface area contributed by atoms with Crippen molar-refractivity contribution in [3.05, 3.63) is 34.7 Å². The third-order valence-electron chi connectivity index (χ3n) is 4.62. The largest absolute Gasteiger partial charge is 0.476 e. The minimum Gasteiger partial charge on any atom is -0.476 e. The van der Waals surface area contributed by atoms with Crippen LogP contribution in [0.4, 0.5) is 23.1 Å². The quantitative estimate of drug-likeness (QED) is 0.702. The van der Waals surface area contributed by atoms with E-state index in [4.69, 9.17) is 15.7 Å². The van der Waals surface area contributed by atoms with E-state index in [1.54, 1.807) is 0 Å². The molecular formula is C19H22N6O2. The Morgan fingerprint density at radius 2 is 2.11 bits per heavy atom. The molecule has 1 fully saturated rings. The molecule has 0 spiro atoms. The van der Waals surface area contributed by atoms with Crippen LogP contribution in [0.3, 0.4) is 0 Å². The number of nitrogen functional groups attached to an aromatic ring is 1. The Morgan fingerprint density at radius 1 is 1.30 bits per heavy atom. The molecule has 1 saturated carbocycles. The summed E-state index contributed by atoms with van der Waals surface area (Å²) >= 11 is 0. The second-order valence-corrected chi connectivity index (χ2v) is 6.65. The van der Waals surface area contributed by atoms with Crippen LogP contribution >= 0.6 is 0 Å². The highest BCUT2D eigenvalue weighted by molar-refractivity contribution is 5.67. The number of nitriles is 1. The summed E-state index contributed by atoms with van der Waals surface area (Å²) in [5.41, 5.74) is 7.38. The lowest BCUT2D eigenvalue weighted by atomic mass is 9.90. The van der Waals surface area contributed by atoms with Crippen LogP contribution < -0.4 is 15.8 Å². The third kappa shape index (κ3) is 4.91. The van der Waals surface area contributed by atoms with E-state index in [0.717, 1.165) is 18.4 Å². The normalized spacial score (nSPS) is 14.3. The SMILES string of the molecule is N#CCc1cccc(Nc2nc(N)c(N=O)c(OCC3CCCCC3)n2)c1. The van der Waals surface area contributed by atoms with Crippen molar-refractivity contribution in [2.45, 2.75) is 38.5 Å². The molecule has 0 amide bonds. The van der Waals surface area contributed by atoms with E-state index in [-0.39, 0.29) is 23.3 Å². The minimum atomic E-state index is -0.0745. The van der Waals surface area contributed by atoms with Crippen molar-refractivity contribution in [3.63, 3.8) is 0 Å². The molecule has 1 aliphatic carbocycles. The lowest BCUT2D eigenvalue weighted by molar-refractivity contribution is 0.203. The highest BCUT2D eigenvalue weighted by atomic mass is 16.5. The van der Waals surface area contributed by atoms with Gasteiger partial charge in [0, 0.05) is 5.69 Å². The average Bonchev–Trinajstić information content (AvgIpc) is 2.67. The molecule has 0 radical (unpaired) electrons. The van der Waals surface area contributed by atoms with Gasteiger partial charge >= 0.3 is 0 Å². The molecule has 1 heterocycles. The van der Waals surface area contributed by atoms with Gasteiger partial charge in [-0.05, 0) is 41.6 Å². The molecule has 2 aromatic rings. The number of hydrogen-bond donors (Lipinski definition) is 2. The number of nitroso groups, excluding NO2 is 1. The van der Waals surface area contributed by atoms with Crippen molar-refractivity contribution in [3.8, 4) is 11.9 Å². The predicted octanol–water partition coefficient (Wildman–Crippen LogP) is 4.23. The molecular weight excluding hydrogens is 344 g/mol. The summed E-state index contributed by atoms with van der Waals surface area (Å²) in [6.45, 7) is 0.482. The number of nitrogens with one attached hydrogen (secondary N) is 1. The standard InChI is InChI=1S/C19H22N6O2/c20-10-9-13-7-4-8-15(11-13)22-19-23-17(21)16(25-26)18(24-19)27-12-14-5-2-1-3-6-14/h4,7-8,11,14H,1-3,5-6,9,12H2,(H3,21,22,23,24). The van der Waals surface area contributed by atoms with Gasteiger partial charge in [-0.15, -0.1) is 4.91 Å². The summed E-state index contributed by atoms with van der Waals surface area (Å²) in [7, 11) is 0. The maximum Gasteiger partial charge on any atom is 0.250 e. The fraction of sp³-hybridized carbons (Fsp3) is 0.421. The van der Waals surface area contributed by atoms with E-state index in [2.05, 4.69) is 26.5 Å². The Balaban J connectivity index is 1.77. The Labute approximate surface area is 157 Å². The Kier molecular flexibility index (Phi) is 6.15. The van der Waals surface area contributed by atoms with Crippen molar-refractivity contribution in [2.75, 3.05) is 17.7 Å². The van der Waals surface area contributed by atoms with Crippen molar-refractivity contribution in [2.24, 2.45) is 11.1 Å². The zero-order valence-electron chi connectivity index (χ0n) is 15.0. The van der Waals surface area contributed by atoms with E-state index in [0.29, 0.717) is 24.6 Å². The van der Waals surface area contributed by atoms with Crippen molar-refractivity contribution in [1.29, 1.82) is 5.26 Å². The van der Waals surface area contributed by atoms with Crippen molar-refractivity contribution >= 4 is 23.1 Å². The zero-order chi connectivity index (χ0) is 19.1. The summed E-state index contributed by atoms with van der Waals surface area (Å²) in [6, 6.07) is 9.47. The molecule has 140 valence electrons. The van der Waals surface area contributed by atoms with Crippen LogP contribution in [0.15, 0.2) is 29.4 Å². The second kappa shape index (κ2) is 8.94. The smallest absolute Gasteiger partial charge is 0.250 e. The number of rotatable bonds is 7. The van der Waals surface area contributed by atoms with Crippen LogP contribution in [0.2, 0.25) is 0 Å². The van der Waals surface area contributed by atoms with Gasteiger partial charge < -0.3 is 15.8 Å². The molecule has 0 unspecified atom stereocenters. The lowest BCUT2D eigenvalue weighted by Gasteiger charge is -2.21. The third-order valence-corrected chi connectivity index (χ3v) is 4.62. The number of anilines is 3. The van der Waals surface area contributed by atoms with Crippen LogP contribution in [-0.2, 0) is 6.42 Å². The molecule has 27 heavy (non-hydrogen) atoms. The first-order valence-corrected chi connectivity index (χ1v) is 9.06. The monoisotopic (exact) mass is 366 g/mol. The highest BCUT2D eigenvalue weighted by Gasteiger charge is 2.19. The molecule has 0 saturated heterocycles. The minimum absolute atomic E-state index is 0.0330. The average molecular weight is 366 g/mol. The first kappa shape index (κ1) is 18.6. The maximum absolute atomic E-state index is 11.1. The fourth-order valence-electron chi connectivity index (χ4n) is 3.22. The molecule has 1 aromatic heterocycles. The summed E-state index contributed by atoms with van der Waals surface area (Å²) in [5.74, 6) is 0.731. The fourth-order valence-corrected chi connectivity index (χ4v) is 3.22. The molecule has 1 aliphatic rings. The molecule has 0 bridgehead atoms. The summed E-state index contributed by atoms with van der Waals surface area (Å²) in [4.78, 5) is 19.5. The van der Waals surface area contributed by atoms with Gasteiger partial charge in [-0.3, -0.25) is 0 Å². The van der Waals surface area contributed by atoms with E-state index < -0.39 is 0 Å². The molecule has 8 heteroatoms. The van der Waals surface area contributed by atoms with Crippen LogP contribution in [0, 0.1) is 22.2 Å². The molecule has 0 atom stereocenters. The van der Waals surface area contributed by atoms with Gasteiger partial charge in [-0.1, -0.05) is 31.4 Å². The van der Waals surface area contributed by atoms with Gasteiger partial charge in [-0.25, -0.2) is 0 Å². The first-order valence-electron chi connectivity index (χ1n) is 9.06. The van der Waals surface area contributed by atoms with E-state index >= 15 is 0 Å². The molecule has 8 nitrogen and oxygen atoms in total. The van der Waals surface area contributed by atoms with Crippen molar-refractivity contribution in [1.82, 2.24) is 9.97 Å².